The van der Waals surface area contributed by atoms with Crippen molar-refractivity contribution in [2.24, 2.45) is 0 Å². The van der Waals surface area contributed by atoms with Crippen LogP contribution >= 0.6 is 15.9 Å². The lowest BCUT2D eigenvalue weighted by molar-refractivity contribution is 0.110. The lowest BCUT2D eigenvalue weighted by Crippen LogP contribution is -2.22. The first-order valence-electron chi connectivity index (χ1n) is 9.23. The van der Waals surface area contributed by atoms with Crippen molar-refractivity contribution in [1.82, 2.24) is 0 Å². The summed E-state index contributed by atoms with van der Waals surface area (Å²) >= 11 is 3.54. The molecule has 3 aromatic rings. The minimum Gasteiger partial charge on any atom is -0.496 e. The van der Waals surface area contributed by atoms with Crippen LogP contribution in [0.1, 0.15) is 11.1 Å². The fourth-order valence-corrected chi connectivity index (χ4v) is 4.91. The molecule has 30 heavy (non-hydrogen) atoms. The number of aliphatic hydroxyl groups excluding tert-OH is 1. The molecular weight excluding hydrogens is 472 g/mol. The molecule has 0 radical (unpaired) electrons. The number of hydrogen-bond donors (Lipinski definition) is 1. The third-order valence-corrected chi connectivity index (χ3v) is 6.86. The first kappa shape index (κ1) is 22.6. The maximum atomic E-state index is 12.4. The Hall–Kier alpha value is -2.13. The van der Waals surface area contributed by atoms with Crippen molar-refractivity contribution in [3.05, 3.63) is 64.1 Å². The van der Waals surface area contributed by atoms with E-state index in [9.17, 15) is 13.5 Å². The number of methoxy groups -OCH3 is 2. The van der Waals surface area contributed by atoms with Gasteiger partial charge in [-0.1, -0.05) is 42.0 Å². The van der Waals surface area contributed by atoms with Crippen molar-refractivity contribution < 1.29 is 27.2 Å². The summed E-state index contributed by atoms with van der Waals surface area (Å²) in [6, 6.07) is 13.9. The SMILES string of the molecule is COc1c(Br)c(CC(O)COS(=O)(=O)c2ccc(C)cc2)c(OC)c2ccccc12. The van der Waals surface area contributed by atoms with Crippen LogP contribution in [0, 0.1) is 6.92 Å². The van der Waals surface area contributed by atoms with Gasteiger partial charge in [0.1, 0.15) is 11.5 Å². The van der Waals surface area contributed by atoms with Gasteiger partial charge in [-0.25, -0.2) is 0 Å². The van der Waals surface area contributed by atoms with Crippen LogP contribution in [0.2, 0.25) is 0 Å². The number of aryl methyl sites for hydroxylation is 1. The summed E-state index contributed by atoms with van der Waals surface area (Å²) in [6.45, 7) is 1.48. The summed E-state index contributed by atoms with van der Waals surface area (Å²) in [4.78, 5) is 0.0476. The van der Waals surface area contributed by atoms with Crippen molar-refractivity contribution in [3.63, 3.8) is 0 Å². The Morgan fingerprint density at radius 3 is 2.10 bits per heavy atom. The second kappa shape index (κ2) is 9.34. The standard InChI is InChI=1S/C22H23BrO6S/c1-14-8-10-16(11-9-14)30(25,26)29-13-15(24)12-19-20(23)22(28-3)18-7-5-4-6-17(18)21(19)27-2/h4-11,15,24H,12-13H2,1-3H3. The van der Waals surface area contributed by atoms with Crippen LogP contribution in [-0.4, -0.2) is 40.5 Å². The molecule has 0 aliphatic heterocycles. The molecule has 1 unspecified atom stereocenters. The topological polar surface area (TPSA) is 82.1 Å². The van der Waals surface area contributed by atoms with E-state index in [4.69, 9.17) is 13.7 Å². The van der Waals surface area contributed by atoms with Gasteiger partial charge in [0.25, 0.3) is 10.1 Å². The Morgan fingerprint density at radius 1 is 0.967 bits per heavy atom. The Bertz CT molecular complexity index is 1140. The minimum atomic E-state index is -3.97. The van der Waals surface area contributed by atoms with Crippen LogP contribution in [0.15, 0.2) is 57.9 Å². The zero-order valence-electron chi connectivity index (χ0n) is 16.9. The molecule has 0 aliphatic rings. The Kier molecular flexibility index (Phi) is 7.02. The lowest BCUT2D eigenvalue weighted by atomic mass is 10.00. The molecule has 3 rings (SSSR count). The van der Waals surface area contributed by atoms with Crippen molar-refractivity contribution in [2.75, 3.05) is 20.8 Å². The second-order valence-electron chi connectivity index (χ2n) is 6.81. The normalized spacial score (nSPS) is 12.7. The Labute approximate surface area is 184 Å². The van der Waals surface area contributed by atoms with E-state index >= 15 is 0 Å². The van der Waals surface area contributed by atoms with Gasteiger partial charge in [-0.3, -0.25) is 4.18 Å². The highest BCUT2D eigenvalue weighted by Gasteiger charge is 2.23. The van der Waals surface area contributed by atoms with E-state index in [1.54, 1.807) is 26.4 Å². The Morgan fingerprint density at radius 2 is 1.53 bits per heavy atom. The van der Waals surface area contributed by atoms with Gasteiger partial charge >= 0.3 is 0 Å². The van der Waals surface area contributed by atoms with Gasteiger partial charge in [0.05, 0.1) is 36.3 Å². The van der Waals surface area contributed by atoms with E-state index in [-0.39, 0.29) is 17.9 Å². The van der Waals surface area contributed by atoms with E-state index in [1.807, 2.05) is 31.2 Å². The molecule has 0 heterocycles. The van der Waals surface area contributed by atoms with Crippen LogP contribution in [0.5, 0.6) is 11.5 Å². The van der Waals surface area contributed by atoms with E-state index in [2.05, 4.69) is 15.9 Å². The van der Waals surface area contributed by atoms with E-state index in [1.165, 1.54) is 12.1 Å². The number of aliphatic hydroxyl groups is 1. The first-order valence-corrected chi connectivity index (χ1v) is 11.4. The first-order chi connectivity index (χ1) is 14.3. The fraction of sp³-hybridized carbons (Fsp3) is 0.273. The van der Waals surface area contributed by atoms with Gasteiger partial charge in [-0.2, -0.15) is 8.42 Å². The van der Waals surface area contributed by atoms with Crippen LogP contribution in [0.25, 0.3) is 10.8 Å². The molecular formula is C22H23BrO6S. The summed E-state index contributed by atoms with van der Waals surface area (Å²) in [6.07, 6.45) is -0.977. The highest BCUT2D eigenvalue weighted by atomic mass is 79.9. The summed E-state index contributed by atoms with van der Waals surface area (Å²) in [5, 5.41) is 12.2. The van der Waals surface area contributed by atoms with Gasteiger partial charge in [-0.15, -0.1) is 0 Å². The lowest BCUT2D eigenvalue weighted by Gasteiger charge is -2.20. The molecule has 0 saturated carbocycles. The van der Waals surface area contributed by atoms with Crippen molar-refractivity contribution in [1.29, 1.82) is 0 Å². The molecule has 0 fully saturated rings. The van der Waals surface area contributed by atoms with Gasteiger partial charge in [0.2, 0.25) is 0 Å². The van der Waals surface area contributed by atoms with Crippen molar-refractivity contribution >= 4 is 36.8 Å². The molecule has 1 N–H and O–H groups in total. The molecule has 0 amide bonds. The number of hydrogen-bond acceptors (Lipinski definition) is 6. The van der Waals surface area contributed by atoms with Crippen molar-refractivity contribution in [2.45, 2.75) is 24.3 Å². The quantitative estimate of drug-likeness (QED) is 0.471. The van der Waals surface area contributed by atoms with Crippen LogP contribution in [-0.2, 0) is 20.7 Å². The second-order valence-corrected chi connectivity index (χ2v) is 9.22. The monoisotopic (exact) mass is 494 g/mol. The van der Waals surface area contributed by atoms with E-state index < -0.39 is 16.2 Å². The maximum Gasteiger partial charge on any atom is 0.297 e. The van der Waals surface area contributed by atoms with Gasteiger partial charge in [0, 0.05) is 22.8 Å². The van der Waals surface area contributed by atoms with Crippen LogP contribution in [0.4, 0.5) is 0 Å². The molecule has 8 heteroatoms. The summed E-state index contributed by atoms with van der Waals surface area (Å²) < 4.78 is 41.6. The number of rotatable bonds is 8. The smallest absolute Gasteiger partial charge is 0.297 e. The number of fused-ring (bicyclic) bond motifs is 1. The molecule has 3 aromatic carbocycles. The molecule has 0 saturated heterocycles. The summed E-state index contributed by atoms with van der Waals surface area (Å²) in [5.41, 5.74) is 1.60. The fourth-order valence-electron chi connectivity index (χ4n) is 3.25. The molecule has 160 valence electrons. The molecule has 1 atom stereocenters. The Balaban J connectivity index is 1.85. The number of ether oxygens (including phenoxy) is 2. The third kappa shape index (κ3) is 4.62. The van der Waals surface area contributed by atoms with Crippen LogP contribution in [0.3, 0.4) is 0 Å². The number of halogens is 1. The van der Waals surface area contributed by atoms with Gasteiger partial charge in [0.15, 0.2) is 0 Å². The zero-order valence-corrected chi connectivity index (χ0v) is 19.3. The van der Waals surface area contributed by atoms with Crippen molar-refractivity contribution in [3.8, 4) is 11.5 Å². The molecule has 6 nitrogen and oxygen atoms in total. The van der Waals surface area contributed by atoms with Gasteiger partial charge in [-0.05, 0) is 35.0 Å². The summed E-state index contributed by atoms with van der Waals surface area (Å²) in [7, 11) is -0.849. The average Bonchev–Trinajstić information content (AvgIpc) is 2.73. The predicted molar refractivity (Wildman–Crippen MR) is 119 cm³/mol. The maximum absolute atomic E-state index is 12.4. The molecule has 0 aromatic heterocycles. The predicted octanol–water partition coefficient (Wildman–Crippen LogP) is 4.24. The molecule has 0 aliphatic carbocycles. The largest absolute Gasteiger partial charge is 0.496 e. The third-order valence-electron chi connectivity index (χ3n) is 4.73. The average molecular weight is 495 g/mol. The number of benzene rings is 3. The van der Waals surface area contributed by atoms with E-state index in [0.29, 0.717) is 21.5 Å². The van der Waals surface area contributed by atoms with Gasteiger partial charge < -0.3 is 14.6 Å². The highest BCUT2D eigenvalue weighted by Crippen LogP contribution is 2.44. The molecule has 0 bridgehead atoms. The van der Waals surface area contributed by atoms with E-state index in [0.717, 1.165) is 16.3 Å². The zero-order chi connectivity index (χ0) is 21.9. The summed E-state index contributed by atoms with van der Waals surface area (Å²) in [5.74, 6) is 1.19. The molecule has 0 spiro atoms. The minimum absolute atomic E-state index is 0.0476. The van der Waals surface area contributed by atoms with Crippen LogP contribution < -0.4 is 9.47 Å². The highest BCUT2D eigenvalue weighted by molar-refractivity contribution is 9.10.